The summed E-state index contributed by atoms with van der Waals surface area (Å²) in [6, 6.07) is 8.39. The number of hydrogen-bond acceptors (Lipinski definition) is 2. The zero-order valence-electron chi connectivity index (χ0n) is 9.66. The van der Waals surface area contributed by atoms with Crippen molar-refractivity contribution in [1.82, 2.24) is 10.2 Å². The van der Waals surface area contributed by atoms with Gasteiger partial charge in [0.1, 0.15) is 0 Å². The van der Waals surface area contributed by atoms with E-state index in [0.29, 0.717) is 0 Å². The summed E-state index contributed by atoms with van der Waals surface area (Å²) in [5, 5.41) is 3.15. The summed E-state index contributed by atoms with van der Waals surface area (Å²) in [6.45, 7) is 6.88. The zero-order valence-corrected chi connectivity index (χ0v) is 9.66. The molecular formula is C13H20N2. The second kappa shape index (κ2) is 6.38. The maximum atomic E-state index is 3.83. The van der Waals surface area contributed by atoms with Gasteiger partial charge in [0.2, 0.25) is 0 Å². The third-order valence-electron chi connectivity index (χ3n) is 2.46. The summed E-state index contributed by atoms with van der Waals surface area (Å²) in [7, 11) is 4.11. The Hall–Kier alpha value is -1.12. The third-order valence-corrected chi connectivity index (χ3v) is 2.46. The summed E-state index contributed by atoms with van der Waals surface area (Å²) < 4.78 is 0. The van der Waals surface area contributed by atoms with Gasteiger partial charge >= 0.3 is 0 Å². The van der Waals surface area contributed by atoms with Crippen LogP contribution in [0.3, 0.4) is 0 Å². The summed E-state index contributed by atoms with van der Waals surface area (Å²) in [5.74, 6) is 0. The van der Waals surface area contributed by atoms with Gasteiger partial charge in [-0.25, -0.2) is 0 Å². The van der Waals surface area contributed by atoms with E-state index in [1.54, 1.807) is 0 Å². The highest BCUT2D eigenvalue weighted by Gasteiger charge is 2.02. The molecule has 1 aromatic carbocycles. The first-order chi connectivity index (χ1) is 7.27. The van der Waals surface area contributed by atoms with Crippen LogP contribution in [0.1, 0.15) is 11.1 Å². The van der Waals surface area contributed by atoms with Crippen molar-refractivity contribution >= 4 is 6.08 Å². The molecule has 0 radical (unpaired) electrons. The number of rotatable bonds is 6. The summed E-state index contributed by atoms with van der Waals surface area (Å²) in [6.07, 6.45) is 1.92. The van der Waals surface area contributed by atoms with Crippen molar-refractivity contribution in [2.24, 2.45) is 0 Å². The third kappa shape index (κ3) is 3.86. The summed E-state index contributed by atoms with van der Waals surface area (Å²) in [4.78, 5) is 2.30. The van der Waals surface area contributed by atoms with Crippen LogP contribution in [0.25, 0.3) is 6.08 Å². The Morgan fingerprint density at radius 3 is 2.80 bits per heavy atom. The molecule has 0 fully saturated rings. The molecule has 2 heteroatoms. The molecule has 0 heterocycles. The van der Waals surface area contributed by atoms with E-state index >= 15 is 0 Å². The molecule has 0 spiro atoms. The number of nitrogens with one attached hydrogen (secondary N) is 1. The maximum Gasteiger partial charge on any atom is 0.0237 e. The van der Waals surface area contributed by atoms with E-state index < -0.39 is 0 Å². The van der Waals surface area contributed by atoms with Crippen molar-refractivity contribution in [3.05, 3.63) is 42.0 Å². The van der Waals surface area contributed by atoms with E-state index in [-0.39, 0.29) is 0 Å². The Morgan fingerprint density at radius 1 is 1.40 bits per heavy atom. The molecule has 15 heavy (non-hydrogen) atoms. The van der Waals surface area contributed by atoms with E-state index in [9.17, 15) is 0 Å². The van der Waals surface area contributed by atoms with Crippen LogP contribution in [0, 0.1) is 0 Å². The van der Waals surface area contributed by atoms with Gasteiger partial charge in [-0.05, 0) is 25.2 Å². The smallest absolute Gasteiger partial charge is 0.0237 e. The molecule has 0 atom stereocenters. The Morgan fingerprint density at radius 2 is 2.13 bits per heavy atom. The lowest BCUT2D eigenvalue weighted by molar-refractivity contribution is 0.328. The van der Waals surface area contributed by atoms with Gasteiger partial charge in [0.05, 0.1) is 0 Å². The number of nitrogens with zero attached hydrogens (tertiary/aromatic N) is 1. The Labute approximate surface area is 92.6 Å². The van der Waals surface area contributed by atoms with Crippen molar-refractivity contribution in [2.45, 2.75) is 6.54 Å². The van der Waals surface area contributed by atoms with Gasteiger partial charge in [0.15, 0.2) is 0 Å². The van der Waals surface area contributed by atoms with Gasteiger partial charge in [0.25, 0.3) is 0 Å². The molecule has 0 aliphatic carbocycles. The molecule has 0 aliphatic rings. The quantitative estimate of drug-likeness (QED) is 0.762. The number of benzene rings is 1. The minimum atomic E-state index is 0.976. The first kappa shape index (κ1) is 12.0. The minimum absolute atomic E-state index is 0.976. The largest absolute Gasteiger partial charge is 0.318 e. The molecule has 1 aromatic rings. The predicted molar refractivity (Wildman–Crippen MR) is 66.8 cm³/mol. The molecule has 0 aliphatic heterocycles. The molecule has 0 aromatic heterocycles. The highest BCUT2D eigenvalue weighted by atomic mass is 15.1. The molecule has 82 valence electrons. The molecule has 1 rings (SSSR count). The Kier molecular flexibility index (Phi) is 5.08. The molecule has 0 unspecified atom stereocenters. The van der Waals surface area contributed by atoms with Gasteiger partial charge in [-0.1, -0.05) is 36.9 Å². The van der Waals surface area contributed by atoms with E-state index in [1.807, 2.05) is 19.2 Å². The Balaban J connectivity index is 2.59. The minimum Gasteiger partial charge on any atom is -0.318 e. The molecule has 0 bridgehead atoms. The normalized spacial score (nSPS) is 10.6. The van der Waals surface area contributed by atoms with Crippen LogP contribution < -0.4 is 5.32 Å². The number of likely N-dealkylation sites (N-methyl/N-ethyl adjacent to an activating group) is 2. The molecule has 0 amide bonds. The maximum absolute atomic E-state index is 3.83. The second-order valence-electron chi connectivity index (χ2n) is 3.74. The average Bonchev–Trinajstić information content (AvgIpc) is 2.27. The average molecular weight is 204 g/mol. The van der Waals surface area contributed by atoms with Gasteiger partial charge < -0.3 is 10.2 Å². The van der Waals surface area contributed by atoms with Gasteiger partial charge in [-0.15, -0.1) is 0 Å². The van der Waals surface area contributed by atoms with Crippen LogP contribution in [0.15, 0.2) is 30.8 Å². The van der Waals surface area contributed by atoms with Crippen LogP contribution >= 0.6 is 0 Å². The SMILES string of the molecule is C=Cc1ccccc1CN(C)CCNC. The lowest BCUT2D eigenvalue weighted by Crippen LogP contribution is -2.27. The van der Waals surface area contributed by atoms with Crippen LogP contribution in [0.2, 0.25) is 0 Å². The number of hydrogen-bond donors (Lipinski definition) is 1. The highest BCUT2D eigenvalue weighted by molar-refractivity contribution is 5.51. The van der Waals surface area contributed by atoms with Crippen molar-refractivity contribution in [1.29, 1.82) is 0 Å². The van der Waals surface area contributed by atoms with Crippen LogP contribution in [-0.2, 0) is 6.54 Å². The van der Waals surface area contributed by atoms with Crippen molar-refractivity contribution in [3.8, 4) is 0 Å². The summed E-state index contributed by atoms with van der Waals surface area (Å²) >= 11 is 0. The predicted octanol–water partition coefficient (Wildman–Crippen LogP) is 1.98. The second-order valence-corrected chi connectivity index (χ2v) is 3.74. The van der Waals surface area contributed by atoms with E-state index in [1.165, 1.54) is 11.1 Å². The first-order valence-electron chi connectivity index (χ1n) is 5.31. The van der Waals surface area contributed by atoms with Gasteiger partial charge in [-0.2, -0.15) is 0 Å². The summed E-state index contributed by atoms with van der Waals surface area (Å²) in [5.41, 5.74) is 2.57. The van der Waals surface area contributed by atoms with Crippen LogP contribution in [-0.4, -0.2) is 32.1 Å². The van der Waals surface area contributed by atoms with Crippen molar-refractivity contribution in [3.63, 3.8) is 0 Å². The molecule has 2 nitrogen and oxygen atoms in total. The van der Waals surface area contributed by atoms with Gasteiger partial charge in [-0.3, -0.25) is 0 Å². The zero-order chi connectivity index (χ0) is 11.1. The topological polar surface area (TPSA) is 15.3 Å². The fraction of sp³-hybridized carbons (Fsp3) is 0.385. The lowest BCUT2D eigenvalue weighted by atomic mass is 10.1. The van der Waals surface area contributed by atoms with E-state index in [0.717, 1.165) is 19.6 Å². The Bertz CT molecular complexity index is 307. The molecular weight excluding hydrogens is 184 g/mol. The van der Waals surface area contributed by atoms with Crippen molar-refractivity contribution < 1.29 is 0 Å². The highest BCUT2D eigenvalue weighted by Crippen LogP contribution is 2.11. The standard InChI is InChI=1S/C13H20N2/c1-4-12-7-5-6-8-13(12)11-15(3)10-9-14-2/h4-8,14H,1,9-11H2,2-3H3. The fourth-order valence-electron chi connectivity index (χ4n) is 1.55. The first-order valence-corrected chi connectivity index (χ1v) is 5.31. The van der Waals surface area contributed by atoms with E-state index in [2.05, 4.69) is 42.0 Å². The van der Waals surface area contributed by atoms with Crippen molar-refractivity contribution in [2.75, 3.05) is 27.2 Å². The molecule has 1 N–H and O–H groups in total. The van der Waals surface area contributed by atoms with E-state index in [4.69, 9.17) is 0 Å². The molecule has 0 saturated carbocycles. The van der Waals surface area contributed by atoms with Gasteiger partial charge in [0, 0.05) is 19.6 Å². The fourth-order valence-corrected chi connectivity index (χ4v) is 1.55. The lowest BCUT2D eigenvalue weighted by Gasteiger charge is -2.17. The van der Waals surface area contributed by atoms with Crippen LogP contribution in [0.5, 0.6) is 0 Å². The molecule has 0 saturated heterocycles. The van der Waals surface area contributed by atoms with Crippen LogP contribution in [0.4, 0.5) is 0 Å². The monoisotopic (exact) mass is 204 g/mol.